The highest BCUT2D eigenvalue weighted by molar-refractivity contribution is 5.91. The van der Waals surface area contributed by atoms with Crippen molar-refractivity contribution < 1.29 is 28.2 Å². The third kappa shape index (κ3) is 4.25. The first-order valence-corrected chi connectivity index (χ1v) is 9.27. The maximum atomic E-state index is 12.8. The standard InChI is InChI=1S/C21H27NO6/c1-13-11-22(12-14(2)27-13)21(23)18-7-6-15(28-18)8-17-19(25-4)9-16(24-3)10-20(17)26-5/h6-7,9-10,13-14H,8,11-12H2,1-5H3. The highest BCUT2D eigenvalue weighted by Crippen LogP contribution is 2.36. The zero-order valence-corrected chi connectivity index (χ0v) is 17.0. The summed E-state index contributed by atoms with van der Waals surface area (Å²) in [6, 6.07) is 7.11. The van der Waals surface area contributed by atoms with Crippen LogP contribution in [0.15, 0.2) is 28.7 Å². The number of furan rings is 1. The molecule has 1 aliphatic rings. The van der Waals surface area contributed by atoms with Crippen LogP contribution in [-0.2, 0) is 11.2 Å². The smallest absolute Gasteiger partial charge is 0.289 e. The molecule has 7 heteroatoms. The molecule has 0 radical (unpaired) electrons. The minimum atomic E-state index is -0.123. The van der Waals surface area contributed by atoms with Gasteiger partial charge in [-0.3, -0.25) is 4.79 Å². The predicted molar refractivity (Wildman–Crippen MR) is 104 cm³/mol. The minimum Gasteiger partial charge on any atom is -0.496 e. The van der Waals surface area contributed by atoms with Crippen LogP contribution in [0.2, 0.25) is 0 Å². The van der Waals surface area contributed by atoms with Gasteiger partial charge in [0, 0.05) is 37.2 Å². The summed E-state index contributed by atoms with van der Waals surface area (Å²) in [5.41, 5.74) is 0.827. The molecule has 1 aromatic heterocycles. The average Bonchev–Trinajstić information content (AvgIpc) is 3.15. The lowest BCUT2D eigenvalue weighted by Gasteiger charge is -2.34. The highest BCUT2D eigenvalue weighted by atomic mass is 16.5. The number of methoxy groups -OCH3 is 3. The van der Waals surface area contributed by atoms with E-state index in [1.807, 2.05) is 19.9 Å². The molecule has 2 aromatic rings. The largest absolute Gasteiger partial charge is 0.496 e. The van der Waals surface area contributed by atoms with Gasteiger partial charge in [-0.1, -0.05) is 0 Å². The first kappa shape index (κ1) is 20.1. The molecule has 28 heavy (non-hydrogen) atoms. The van der Waals surface area contributed by atoms with Crippen LogP contribution in [0.25, 0.3) is 0 Å². The maximum absolute atomic E-state index is 12.8. The highest BCUT2D eigenvalue weighted by Gasteiger charge is 2.28. The Kier molecular flexibility index (Phi) is 6.14. The Bertz CT molecular complexity index is 795. The molecular formula is C21H27NO6. The van der Waals surface area contributed by atoms with Crippen molar-refractivity contribution in [1.29, 1.82) is 0 Å². The summed E-state index contributed by atoms with van der Waals surface area (Å²) in [6.45, 7) is 5.04. The van der Waals surface area contributed by atoms with Gasteiger partial charge >= 0.3 is 0 Å². The van der Waals surface area contributed by atoms with E-state index in [1.165, 1.54) is 0 Å². The molecule has 0 saturated carbocycles. The summed E-state index contributed by atoms with van der Waals surface area (Å²) >= 11 is 0. The fourth-order valence-electron chi connectivity index (χ4n) is 3.51. The summed E-state index contributed by atoms with van der Waals surface area (Å²) < 4.78 is 27.8. The van der Waals surface area contributed by atoms with Gasteiger partial charge in [-0.2, -0.15) is 0 Å². The summed E-state index contributed by atoms with van der Waals surface area (Å²) in [4.78, 5) is 14.6. The molecule has 2 heterocycles. The van der Waals surface area contributed by atoms with Gasteiger partial charge in [-0.25, -0.2) is 0 Å². The number of hydrogen-bond acceptors (Lipinski definition) is 6. The molecule has 0 spiro atoms. The van der Waals surface area contributed by atoms with Crippen LogP contribution in [-0.4, -0.2) is 57.4 Å². The number of rotatable bonds is 6. The maximum Gasteiger partial charge on any atom is 0.289 e. The molecule has 7 nitrogen and oxygen atoms in total. The zero-order chi connectivity index (χ0) is 20.3. The summed E-state index contributed by atoms with van der Waals surface area (Å²) in [5.74, 6) is 2.76. The normalized spacial score (nSPS) is 19.4. The van der Waals surface area contributed by atoms with Gasteiger partial charge in [0.15, 0.2) is 5.76 Å². The van der Waals surface area contributed by atoms with Gasteiger partial charge in [0.05, 0.1) is 33.5 Å². The van der Waals surface area contributed by atoms with Crippen molar-refractivity contribution in [3.8, 4) is 17.2 Å². The first-order valence-electron chi connectivity index (χ1n) is 9.27. The fraction of sp³-hybridized carbons (Fsp3) is 0.476. The topological polar surface area (TPSA) is 70.4 Å². The van der Waals surface area contributed by atoms with E-state index in [2.05, 4.69) is 0 Å². The van der Waals surface area contributed by atoms with E-state index in [4.69, 9.17) is 23.4 Å². The second-order valence-electron chi connectivity index (χ2n) is 6.92. The first-order chi connectivity index (χ1) is 13.4. The Labute approximate surface area is 165 Å². The third-order valence-electron chi connectivity index (χ3n) is 4.75. The monoisotopic (exact) mass is 389 g/mol. The van der Waals surface area contributed by atoms with E-state index in [0.29, 0.717) is 48.3 Å². The average molecular weight is 389 g/mol. The van der Waals surface area contributed by atoms with Gasteiger partial charge in [0.25, 0.3) is 5.91 Å². The molecular weight excluding hydrogens is 362 g/mol. The van der Waals surface area contributed by atoms with E-state index >= 15 is 0 Å². The molecule has 1 fully saturated rings. The quantitative estimate of drug-likeness (QED) is 0.756. The van der Waals surface area contributed by atoms with E-state index in [0.717, 1.165) is 5.56 Å². The van der Waals surface area contributed by atoms with Gasteiger partial charge in [0.2, 0.25) is 0 Å². The van der Waals surface area contributed by atoms with Gasteiger partial charge in [-0.05, 0) is 26.0 Å². The van der Waals surface area contributed by atoms with Crippen molar-refractivity contribution >= 4 is 5.91 Å². The molecule has 1 aromatic carbocycles. The second-order valence-corrected chi connectivity index (χ2v) is 6.92. The lowest BCUT2D eigenvalue weighted by atomic mass is 10.1. The Balaban J connectivity index is 1.80. The predicted octanol–water partition coefficient (Wildman–Crippen LogP) is 3.15. The molecule has 2 unspecified atom stereocenters. The number of nitrogens with zero attached hydrogens (tertiary/aromatic N) is 1. The van der Waals surface area contributed by atoms with Gasteiger partial charge < -0.3 is 28.3 Å². The van der Waals surface area contributed by atoms with E-state index in [9.17, 15) is 4.79 Å². The van der Waals surface area contributed by atoms with Crippen molar-refractivity contribution in [2.75, 3.05) is 34.4 Å². The van der Waals surface area contributed by atoms with Crippen LogP contribution in [0.4, 0.5) is 0 Å². The number of amides is 1. The Morgan fingerprint density at radius 1 is 1.04 bits per heavy atom. The number of carbonyl (C=O) groups excluding carboxylic acids is 1. The third-order valence-corrected chi connectivity index (χ3v) is 4.75. The van der Waals surface area contributed by atoms with Crippen molar-refractivity contribution in [3.05, 3.63) is 41.3 Å². The van der Waals surface area contributed by atoms with E-state index < -0.39 is 0 Å². The Hall–Kier alpha value is -2.67. The van der Waals surface area contributed by atoms with E-state index in [1.54, 1.807) is 44.4 Å². The summed E-state index contributed by atoms with van der Waals surface area (Å²) in [7, 11) is 4.77. The number of hydrogen-bond donors (Lipinski definition) is 0. The molecule has 2 atom stereocenters. The van der Waals surface area contributed by atoms with E-state index in [-0.39, 0.29) is 18.1 Å². The van der Waals surface area contributed by atoms with Gasteiger partial charge in [0.1, 0.15) is 23.0 Å². The molecule has 0 N–H and O–H groups in total. The molecule has 1 saturated heterocycles. The van der Waals surface area contributed by atoms with Crippen molar-refractivity contribution in [1.82, 2.24) is 4.90 Å². The Morgan fingerprint density at radius 2 is 1.64 bits per heavy atom. The van der Waals surface area contributed by atoms with Crippen LogP contribution >= 0.6 is 0 Å². The summed E-state index contributed by atoms with van der Waals surface area (Å²) in [6.07, 6.45) is 0.449. The van der Waals surface area contributed by atoms with Crippen LogP contribution in [0, 0.1) is 0 Å². The van der Waals surface area contributed by atoms with Gasteiger partial charge in [-0.15, -0.1) is 0 Å². The minimum absolute atomic E-state index is 0.00922. The SMILES string of the molecule is COc1cc(OC)c(Cc2ccc(C(=O)N3CC(C)OC(C)C3)o2)c(OC)c1. The van der Waals surface area contributed by atoms with Crippen molar-refractivity contribution in [2.45, 2.75) is 32.5 Å². The zero-order valence-electron chi connectivity index (χ0n) is 17.0. The molecule has 0 bridgehead atoms. The van der Waals surface area contributed by atoms with Crippen LogP contribution < -0.4 is 14.2 Å². The molecule has 1 amide bonds. The molecule has 152 valence electrons. The summed E-state index contributed by atoms with van der Waals surface area (Å²) in [5, 5.41) is 0. The van der Waals surface area contributed by atoms with Crippen LogP contribution in [0.3, 0.4) is 0 Å². The number of ether oxygens (including phenoxy) is 4. The molecule has 1 aliphatic heterocycles. The number of carbonyl (C=O) groups is 1. The Morgan fingerprint density at radius 3 is 2.18 bits per heavy atom. The van der Waals surface area contributed by atoms with Crippen molar-refractivity contribution in [3.63, 3.8) is 0 Å². The molecule has 0 aliphatic carbocycles. The lowest BCUT2D eigenvalue weighted by molar-refractivity contribution is -0.0592. The second kappa shape index (κ2) is 8.56. The van der Waals surface area contributed by atoms with Crippen molar-refractivity contribution in [2.24, 2.45) is 0 Å². The molecule has 3 rings (SSSR count). The number of morpholine rings is 1. The van der Waals surface area contributed by atoms with Crippen LogP contribution in [0.1, 0.15) is 35.7 Å². The fourth-order valence-corrected chi connectivity index (χ4v) is 3.51. The van der Waals surface area contributed by atoms with Crippen LogP contribution in [0.5, 0.6) is 17.2 Å². The lowest BCUT2D eigenvalue weighted by Crippen LogP contribution is -2.48. The number of benzene rings is 1.